The molecule has 7 heteroatoms. The molecule has 0 aromatic carbocycles. The third-order valence-electron chi connectivity index (χ3n) is 4.55. The van der Waals surface area contributed by atoms with Crippen molar-refractivity contribution in [3.05, 3.63) is 29.5 Å². The van der Waals surface area contributed by atoms with Gasteiger partial charge in [-0.15, -0.1) is 0 Å². The zero-order valence-corrected chi connectivity index (χ0v) is 15.9. The molecular weight excluding hydrogens is 350 g/mol. The molecule has 0 radical (unpaired) electrons. The van der Waals surface area contributed by atoms with Crippen molar-refractivity contribution in [3.8, 4) is 11.3 Å². The van der Waals surface area contributed by atoms with Gasteiger partial charge in [-0.3, -0.25) is 0 Å². The lowest BCUT2D eigenvalue weighted by Crippen LogP contribution is -2.23. The van der Waals surface area contributed by atoms with Crippen LogP contribution in [-0.2, 0) is 4.74 Å². The van der Waals surface area contributed by atoms with Crippen molar-refractivity contribution < 1.29 is 4.74 Å². The van der Waals surface area contributed by atoms with Gasteiger partial charge in [-0.2, -0.15) is 0 Å². The predicted octanol–water partition coefficient (Wildman–Crippen LogP) is 4.39. The van der Waals surface area contributed by atoms with Crippen molar-refractivity contribution in [2.75, 3.05) is 30.9 Å². The minimum atomic E-state index is 0.452. The number of nitrogens with one attached hydrogen (secondary N) is 2. The first-order valence-electron chi connectivity index (χ1n) is 9.24. The van der Waals surface area contributed by atoms with E-state index < -0.39 is 0 Å². The van der Waals surface area contributed by atoms with Gasteiger partial charge < -0.3 is 15.4 Å². The summed E-state index contributed by atoms with van der Waals surface area (Å²) in [4.78, 5) is 13.4. The number of halogens is 1. The lowest BCUT2D eigenvalue weighted by atomic mass is 9.96. The van der Waals surface area contributed by atoms with Gasteiger partial charge in [0.15, 0.2) is 0 Å². The quantitative estimate of drug-likeness (QED) is 0.667. The van der Waals surface area contributed by atoms with Crippen molar-refractivity contribution >= 4 is 23.4 Å². The molecule has 0 saturated heterocycles. The van der Waals surface area contributed by atoms with E-state index in [1.165, 1.54) is 32.1 Å². The lowest BCUT2D eigenvalue weighted by Gasteiger charge is -2.22. The lowest BCUT2D eigenvalue weighted by molar-refractivity contribution is 0.198. The third kappa shape index (κ3) is 5.29. The molecule has 0 aliphatic heterocycles. The average Bonchev–Trinajstić information content (AvgIpc) is 2.68. The van der Waals surface area contributed by atoms with Crippen molar-refractivity contribution in [2.24, 2.45) is 0 Å². The van der Waals surface area contributed by atoms with Crippen LogP contribution in [0.5, 0.6) is 0 Å². The van der Waals surface area contributed by atoms with Crippen LogP contribution in [0.3, 0.4) is 0 Å². The second-order valence-electron chi connectivity index (χ2n) is 6.57. The molecule has 0 atom stereocenters. The normalized spacial score (nSPS) is 15.0. The van der Waals surface area contributed by atoms with Crippen LogP contribution in [0.1, 0.15) is 38.5 Å². The largest absolute Gasteiger partial charge is 0.385 e. The predicted molar refractivity (Wildman–Crippen MR) is 106 cm³/mol. The zero-order chi connectivity index (χ0) is 18.2. The monoisotopic (exact) mass is 375 g/mol. The second-order valence-corrected chi connectivity index (χ2v) is 6.98. The van der Waals surface area contributed by atoms with E-state index in [-0.39, 0.29) is 0 Å². The average molecular weight is 376 g/mol. The first-order chi connectivity index (χ1) is 12.8. The Kier molecular flexibility index (Phi) is 7.03. The van der Waals surface area contributed by atoms with E-state index in [9.17, 15) is 0 Å². The third-order valence-corrected chi connectivity index (χ3v) is 4.82. The molecule has 2 aromatic heterocycles. The first kappa shape index (κ1) is 18.9. The topological polar surface area (TPSA) is 72.0 Å². The highest BCUT2D eigenvalue weighted by Crippen LogP contribution is 2.28. The van der Waals surface area contributed by atoms with Gasteiger partial charge >= 0.3 is 0 Å². The number of anilines is 2. The number of pyridine rings is 1. The van der Waals surface area contributed by atoms with Crippen LogP contribution in [0.2, 0.25) is 5.02 Å². The van der Waals surface area contributed by atoms with Crippen molar-refractivity contribution in [3.63, 3.8) is 0 Å². The van der Waals surface area contributed by atoms with E-state index >= 15 is 0 Å². The fourth-order valence-electron chi connectivity index (χ4n) is 3.18. The van der Waals surface area contributed by atoms with E-state index in [0.717, 1.165) is 36.6 Å². The summed E-state index contributed by atoms with van der Waals surface area (Å²) in [5, 5.41) is 7.29. The Balaban J connectivity index is 1.72. The number of nitrogens with zero attached hydrogens (tertiary/aromatic N) is 3. The van der Waals surface area contributed by atoms with Crippen LogP contribution in [0, 0.1) is 0 Å². The molecule has 1 aliphatic rings. The summed E-state index contributed by atoms with van der Waals surface area (Å²) in [6, 6.07) is 4.33. The highest BCUT2D eigenvalue weighted by atomic mass is 35.5. The van der Waals surface area contributed by atoms with Crippen molar-refractivity contribution in [1.82, 2.24) is 15.0 Å². The molecule has 0 spiro atoms. The van der Waals surface area contributed by atoms with Gasteiger partial charge in [0, 0.05) is 38.1 Å². The molecule has 26 heavy (non-hydrogen) atoms. The number of hydrogen-bond acceptors (Lipinski definition) is 6. The van der Waals surface area contributed by atoms with Crippen LogP contribution < -0.4 is 10.6 Å². The van der Waals surface area contributed by atoms with Gasteiger partial charge in [0.05, 0.1) is 16.9 Å². The summed E-state index contributed by atoms with van der Waals surface area (Å²) in [5.74, 6) is 1.44. The molecule has 2 N–H and O–H groups in total. The van der Waals surface area contributed by atoms with Crippen LogP contribution >= 0.6 is 11.6 Å². The Bertz CT molecular complexity index is 706. The Labute approximate surface area is 159 Å². The molecule has 0 unspecified atom stereocenters. The van der Waals surface area contributed by atoms with E-state index in [1.54, 1.807) is 19.5 Å². The van der Waals surface area contributed by atoms with E-state index in [1.807, 2.05) is 12.1 Å². The Hall–Kier alpha value is -1.92. The Morgan fingerprint density at radius 3 is 2.88 bits per heavy atom. The summed E-state index contributed by atoms with van der Waals surface area (Å²) in [6.45, 7) is 1.52. The van der Waals surface area contributed by atoms with E-state index in [0.29, 0.717) is 17.0 Å². The Morgan fingerprint density at radius 1 is 1.23 bits per heavy atom. The fourth-order valence-corrected chi connectivity index (χ4v) is 3.38. The van der Waals surface area contributed by atoms with E-state index in [2.05, 4.69) is 25.6 Å². The van der Waals surface area contributed by atoms with Gasteiger partial charge in [-0.1, -0.05) is 30.9 Å². The standard InChI is InChI=1S/C19H26ClN5O/c1-26-11-5-9-21-17-12-14(8-10-22-17)18-16(20)13-23-19(25-18)24-15-6-3-2-4-7-15/h8,10,12-13,15H,2-7,9,11H2,1H3,(H,21,22)(H,23,24,25). The van der Waals surface area contributed by atoms with Gasteiger partial charge in [0.2, 0.25) is 5.95 Å². The van der Waals surface area contributed by atoms with Gasteiger partial charge in [-0.25, -0.2) is 15.0 Å². The molecule has 3 rings (SSSR count). The number of methoxy groups -OCH3 is 1. The van der Waals surface area contributed by atoms with Crippen LogP contribution in [0.4, 0.5) is 11.8 Å². The first-order valence-corrected chi connectivity index (χ1v) is 9.62. The van der Waals surface area contributed by atoms with Gasteiger partial charge in [0.25, 0.3) is 0 Å². The minimum absolute atomic E-state index is 0.452. The SMILES string of the molecule is COCCCNc1cc(-c2nc(NC3CCCCC3)ncc2Cl)ccn1. The summed E-state index contributed by atoms with van der Waals surface area (Å²) in [7, 11) is 1.70. The fraction of sp³-hybridized carbons (Fsp3) is 0.526. The summed E-state index contributed by atoms with van der Waals surface area (Å²) in [5.41, 5.74) is 1.65. The van der Waals surface area contributed by atoms with Gasteiger partial charge in [0.1, 0.15) is 5.82 Å². The van der Waals surface area contributed by atoms with Gasteiger partial charge in [-0.05, 0) is 31.4 Å². The molecule has 1 saturated carbocycles. The van der Waals surface area contributed by atoms with E-state index in [4.69, 9.17) is 16.3 Å². The van der Waals surface area contributed by atoms with Crippen LogP contribution in [0.15, 0.2) is 24.5 Å². The maximum absolute atomic E-state index is 6.36. The summed E-state index contributed by atoms with van der Waals surface area (Å²) in [6.07, 6.45) is 10.6. The van der Waals surface area contributed by atoms with Crippen molar-refractivity contribution in [2.45, 2.75) is 44.6 Å². The molecule has 2 heterocycles. The molecule has 6 nitrogen and oxygen atoms in total. The molecule has 2 aromatic rings. The number of hydrogen-bond donors (Lipinski definition) is 2. The van der Waals surface area contributed by atoms with Crippen LogP contribution in [0.25, 0.3) is 11.3 Å². The number of rotatable bonds is 8. The van der Waals surface area contributed by atoms with Crippen LogP contribution in [-0.4, -0.2) is 41.3 Å². The molecule has 0 amide bonds. The van der Waals surface area contributed by atoms with Crippen molar-refractivity contribution in [1.29, 1.82) is 0 Å². The minimum Gasteiger partial charge on any atom is -0.385 e. The second kappa shape index (κ2) is 9.69. The summed E-state index contributed by atoms with van der Waals surface area (Å²) < 4.78 is 5.06. The Morgan fingerprint density at radius 2 is 2.08 bits per heavy atom. The number of ether oxygens (including phenoxy) is 1. The summed E-state index contributed by atoms with van der Waals surface area (Å²) >= 11 is 6.36. The molecule has 0 bridgehead atoms. The maximum atomic E-state index is 6.36. The molecule has 1 fully saturated rings. The molecule has 1 aliphatic carbocycles. The highest BCUT2D eigenvalue weighted by molar-refractivity contribution is 6.32. The highest BCUT2D eigenvalue weighted by Gasteiger charge is 2.15. The zero-order valence-electron chi connectivity index (χ0n) is 15.2. The smallest absolute Gasteiger partial charge is 0.223 e. The number of aromatic nitrogens is 3. The molecule has 140 valence electrons. The maximum Gasteiger partial charge on any atom is 0.223 e. The molecular formula is C19H26ClN5O.